The van der Waals surface area contributed by atoms with Gasteiger partial charge in [0.2, 0.25) is 5.91 Å². The molecule has 0 saturated carbocycles. The third-order valence-electron chi connectivity index (χ3n) is 6.29. The van der Waals surface area contributed by atoms with Gasteiger partial charge in [0.1, 0.15) is 23.1 Å². The number of nitrogens with one attached hydrogen (secondary N) is 1. The zero-order chi connectivity index (χ0) is 27.2. The second kappa shape index (κ2) is 11.6. The number of hydrogen-bond acceptors (Lipinski definition) is 6. The molecule has 1 fully saturated rings. The molecule has 198 valence electrons. The van der Waals surface area contributed by atoms with Crippen LogP contribution in [0.4, 0.5) is 10.1 Å². The second-order valence-electron chi connectivity index (χ2n) is 8.76. The average molecular weight is 522 g/mol. The van der Waals surface area contributed by atoms with Crippen LogP contribution in [0.25, 0.3) is 0 Å². The van der Waals surface area contributed by atoms with Gasteiger partial charge in [-0.25, -0.2) is 4.39 Å². The first-order chi connectivity index (χ1) is 18.3. The van der Waals surface area contributed by atoms with E-state index < -0.39 is 5.91 Å². The van der Waals surface area contributed by atoms with Gasteiger partial charge in [0, 0.05) is 49.6 Å². The molecule has 0 spiro atoms. The molecule has 4 rings (SSSR count). The third kappa shape index (κ3) is 6.20. The summed E-state index contributed by atoms with van der Waals surface area (Å²) in [6.07, 6.45) is 0.157. The number of piperazine rings is 1. The number of phenols is 1. The molecule has 1 aliphatic rings. The number of methoxy groups -OCH3 is 2. The number of amides is 3. The van der Waals surface area contributed by atoms with E-state index in [0.717, 1.165) is 5.56 Å². The van der Waals surface area contributed by atoms with Crippen LogP contribution in [-0.4, -0.2) is 73.0 Å². The Balaban J connectivity index is 1.35. The summed E-state index contributed by atoms with van der Waals surface area (Å²) in [5.74, 6) is -0.632. The summed E-state index contributed by atoms with van der Waals surface area (Å²) < 4.78 is 23.5. The molecule has 1 heterocycles. The van der Waals surface area contributed by atoms with Crippen molar-refractivity contribution in [2.45, 2.75) is 6.42 Å². The van der Waals surface area contributed by atoms with Gasteiger partial charge in [0.05, 0.1) is 26.2 Å². The number of hydrogen-bond donors (Lipinski definition) is 2. The maximum absolute atomic E-state index is 13.1. The molecule has 3 amide bonds. The number of anilines is 1. The molecule has 3 aromatic carbocycles. The van der Waals surface area contributed by atoms with Gasteiger partial charge in [-0.2, -0.15) is 0 Å². The summed E-state index contributed by atoms with van der Waals surface area (Å²) in [6.45, 7) is 1.32. The molecule has 0 aliphatic carbocycles. The van der Waals surface area contributed by atoms with E-state index in [1.165, 1.54) is 44.6 Å². The van der Waals surface area contributed by atoms with E-state index >= 15 is 0 Å². The van der Waals surface area contributed by atoms with E-state index in [9.17, 15) is 23.9 Å². The van der Waals surface area contributed by atoms with Crippen LogP contribution >= 0.6 is 0 Å². The fourth-order valence-corrected chi connectivity index (χ4v) is 4.15. The number of phenolic OH excluding ortho intramolecular Hbond substituents is 1. The van der Waals surface area contributed by atoms with E-state index in [2.05, 4.69) is 5.32 Å². The predicted octanol–water partition coefficient (Wildman–Crippen LogP) is 3.33. The highest BCUT2D eigenvalue weighted by molar-refractivity contribution is 6.05. The first-order valence-corrected chi connectivity index (χ1v) is 12.0. The highest BCUT2D eigenvalue weighted by atomic mass is 19.1. The van der Waals surface area contributed by atoms with Gasteiger partial charge in [-0.3, -0.25) is 14.4 Å². The topological polar surface area (TPSA) is 108 Å². The third-order valence-corrected chi connectivity index (χ3v) is 6.29. The first kappa shape index (κ1) is 26.5. The number of rotatable bonds is 7. The number of halogens is 1. The van der Waals surface area contributed by atoms with Crippen molar-refractivity contribution in [2.24, 2.45) is 0 Å². The smallest absolute Gasteiger partial charge is 0.257 e. The molecule has 0 unspecified atom stereocenters. The number of aromatic hydroxyl groups is 1. The summed E-state index contributed by atoms with van der Waals surface area (Å²) in [5.41, 5.74) is 1.42. The summed E-state index contributed by atoms with van der Waals surface area (Å²) in [5, 5.41) is 13.2. The molecular formula is C28H28FN3O6. The minimum absolute atomic E-state index is 0.0946. The normalized spacial score (nSPS) is 13.1. The zero-order valence-corrected chi connectivity index (χ0v) is 21.1. The minimum atomic E-state index is -0.442. The van der Waals surface area contributed by atoms with Crippen molar-refractivity contribution in [3.05, 3.63) is 83.2 Å². The summed E-state index contributed by atoms with van der Waals surface area (Å²) >= 11 is 0. The van der Waals surface area contributed by atoms with Gasteiger partial charge in [-0.15, -0.1) is 0 Å². The molecule has 9 nitrogen and oxygen atoms in total. The molecule has 3 aromatic rings. The number of ether oxygens (including phenoxy) is 2. The SMILES string of the molecule is COc1cc(OC)cc(C(=O)Nc2ccc(C(=O)N3CCN(C(=O)Cc4ccc(F)cc4)CC3)c(O)c2)c1. The first-order valence-electron chi connectivity index (χ1n) is 12.0. The van der Waals surface area contributed by atoms with Gasteiger partial charge in [-0.05, 0) is 42.0 Å². The molecule has 2 N–H and O–H groups in total. The van der Waals surface area contributed by atoms with Crippen molar-refractivity contribution in [3.63, 3.8) is 0 Å². The Morgan fingerprint density at radius 1 is 0.868 bits per heavy atom. The standard InChI is InChI=1S/C28H28FN3O6/c1-37-22-14-19(15-23(17-22)38-2)27(35)30-21-7-8-24(25(33)16-21)28(36)32-11-9-31(10-12-32)26(34)13-18-3-5-20(29)6-4-18/h3-8,14-17,33H,9-13H2,1-2H3,(H,30,35). The fourth-order valence-electron chi connectivity index (χ4n) is 4.15. The molecule has 1 aliphatic heterocycles. The number of carbonyl (C=O) groups excluding carboxylic acids is 3. The van der Waals surface area contributed by atoms with Crippen molar-refractivity contribution >= 4 is 23.4 Å². The lowest BCUT2D eigenvalue weighted by molar-refractivity contribution is -0.131. The Labute approximate surface area is 219 Å². The Kier molecular flexibility index (Phi) is 8.10. The van der Waals surface area contributed by atoms with Crippen LogP contribution in [0.15, 0.2) is 60.7 Å². The molecule has 38 heavy (non-hydrogen) atoms. The molecule has 0 atom stereocenters. The average Bonchev–Trinajstić information content (AvgIpc) is 2.93. The maximum Gasteiger partial charge on any atom is 0.257 e. The van der Waals surface area contributed by atoms with Gasteiger partial charge in [0.15, 0.2) is 0 Å². The second-order valence-corrected chi connectivity index (χ2v) is 8.76. The lowest BCUT2D eigenvalue weighted by Crippen LogP contribution is -2.51. The van der Waals surface area contributed by atoms with Crippen LogP contribution in [0.3, 0.4) is 0 Å². The van der Waals surface area contributed by atoms with Gasteiger partial charge < -0.3 is 29.7 Å². The summed E-state index contributed by atoms with van der Waals surface area (Å²) in [4.78, 5) is 41.6. The lowest BCUT2D eigenvalue weighted by Gasteiger charge is -2.35. The Bertz CT molecular complexity index is 1310. The monoisotopic (exact) mass is 521 g/mol. The number of carbonyl (C=O) groups is 3. The zero-order valence-electron chi connectivity index (χ0n) is 21.1. The van der Waals surface area contributed by atoms with Crippen LogP contribution in [0, 0.1) is 5.82 Å². The van der Waals surface area contributed by atoms with Crippen molar-refractivity contribution < 1.29 is 33.4 Å². The van der Waals surface area contributed by atoms with Crippen molar-refractivity contribution in [3.8, 4) is 17.2 Å². The molecule has 0 aromatic heterocycles. The van der Waals surface area contributed by atoms with Crippen LogP contribution in [0.2, 0.25) is 0 Å². The summed E-state index contributed by atoms with van der Waals surface area (Å²) in [6, 6.07) is 14.8. The molecule has 0 radical (unpaired) electrons. The van der Waals surface area contributed by atoms with Crippen LogP contribution < -0.4 is 14.8 Å². The number of nitrogens with zero attached hydrogens (tertiary/aromatic N) is 2. The van der Waals surface area contributed by atoms with Crippen LogP contribution in [0.5, 0.6) is 17.2 Å². The molecule has 10 heteroatoms. The van der Waals surface area contributed by atoms with Gasteiger partial charge in [0.25, 0.3) is 11.8 Å². The van der Waals surface area contributed by atoms with Gasteiger partial charge >= 0.3 is 0 Å². The highest BCUT2D eigenvalue weighted by Gasteiger charge is 2.26. The van der Waals surface area contributed by atoms with E-state index in [1.54, 1.807) is 40.1 Å². The van der Waals surface area contributed by atoms with E-state index in [0.29, 0.717) is 48.9 Å². The van der Waals surface area contributed by atoms with Crippen LogP contribution in [0.1, 0.15) is 26.3 Å². The maximum atomic E-state index is 13.1. The minimum Gasteiger partial charge on any atom is -0.507 e. The fraction of sp³-hybridized carbons (Fsp3) is 0.250. The Hall–Kier alpha value is -4.60. The van der Waals surface area contributed by atoms with Crippen molar-refractivity contribution in [1.82, 2.24) is 9.80 Å². The largest absolute Gasteiger partial charge is 0.507 e. The molecular weight excluding hydrogens is 493 g/mol. The Morgan fingerprint density at radius 3 is 2.05 bits per heavy atom. The molecule has 1 saturated heterocycles. The van der Waals surface area contributed by atoms with Crippen molar-refractivity contribution in [2.75, 3.05) is 45.7 Å². The highest BCUT2D eigenvalue weighted by Crippen LogP contribution is 2.26. The summed E-state index contributed by atoms with van der Waals surface area (Å²) in [7, 11) is 2.96. The molecule has 0 bridgehead atoms. The van der Waals surface area contributed by atoms with E-state index in [1.807, 2.05) is 0 Å². The predicted molar refractivity (Wildman–Crippen MR) is 138 cm³/mol. The Morgan fingerprint density at radius 2 is 1.47 bits per heavy atom. The van der Waals surface area contributed by atoms with Crippen LogP contribution in [-0.2, 0) is 11.2 Å². The van der Waals surface area contributed by atoms with E-state index in [4.69, 9.17) is 9.47 Å². The number of benzene rings is 3. The van der Waals surface area contributed by atoms with E-state index in [-0.39, 0.29) is 35.4 Å². The van der Waals surface area contributed by atoms with Crippen molar-refractivity contribution in [1.29, 1.82) is 0 Å². The lowest BCUT2D eigenvalue weighted by atomic mass is 10.1. The van der Waals surface area contributed by atoms with Gasteiger partial charge in [-0.1, -0.05) is 12.1 Å². The quantitative estimate of drug-likeness (QED) is 0.494.